The van der Waals surface area contributed by atoms with Crippen molar-refractivity contribution in [3.63, 3.8) is 0 Å². The maximum Gasteiger partial charge on any atom is 0.291 e. The molecule has 0 spiro atoms. The van der Waals surface area contributed by atoms with Crippen molar-refractivity contribution < 1.29 is 14.7 Å². The standard InChI is InChI=1S/C21H23N7O3S/c1-28-15-11-23-17(22-7-8-29)10-16(15)32-12-14(21(28)31)24-20(30)19-25-18(26-27-19)9-13-5-3-2-4-6-13/h2-6,10-11,14,29H,7-9,12H2,1H3,(H,22,23)(H,24,30)(H,25,26,27)/t14-/m0/s1. The zero-order valence-corrected chi connectivity index (χ0v) is 18.2. The largest absolute Gasteiger partial charge is 0.395 e. The van der Waals surface area contributed by atoms with Gasteiger partial charge in [0.2, 0.25) is 11.7 Å². The highest BCUT2D eigenvalue weighted by molar-refractivity contribution is 7.99. The van der Waals surface area contributed by atoms with Gasteiger partial charge in [0.25, 0.3) is 5.91 Å². The van der Waals surface area contributed by atoms with Crippen molar-refractivity contribution in [1.82, 2.24) is 25.5 Å². The number of H-pyrrole nitrogens is 1. The summed E-state index contributed by atoms with van der Waals surface area (Å²) in [6.45, 7) is 0.375. The summed E-state index contributed by atoms with van der Waals surface area (Å²) in [6, 6.07) is 10.8. The van der Waals surface area contributed by atoms with Crippen molar-refractivity contribution in [3.8, 4) is 0 Å². The minimum absolute atomic E-state index is 0.00435. The van der Waals surface area contributed by atoms with E-state index in [0.29, 0.717) is 36.0 Å². The number of aliphatic hydroxyl groups is 1. The number of fused-ring (bicyclic) bond motifs is 1. The second-order valence-electron chi connectivity index (χ2n) is 7.19. The number of benzene rings is 1. The van der Waals surface area contributed by atoms with Crippen molar-refractivity contribution in [2.75, 3.05) is 36.2 Å². The predicted molar refractivity (Wildman–Crippen MR) is 121 cm³/mol. The van der Waals surface area contributed by atoms with Gasteiger partial charge in [0.05, 0.1) is 18.5 Å². The summed E-state index contributed by atoms with van der Waals surface area (Å²) in [4.78, 5) is 36.6. The van der Waals surface area contributed by atoms with Gasteiger partial charge in [-0.05, 0) is 11.6 Å². The summed E-state index contributed by atoms with van der Waals surface area (Å²) < 4.78 is 0. The molecule has 2 amide bonds. The Morgan fingerprint density at radius 1 is 1.34 bits per heavy atom. The van der Waals surface area contributed by atoms with Crippen LogP contribution in [0.3, 0.4) is 0 Å². The summed E-state index contributed by atoms with van der Waals surface area (Å²) in [7, 11) is 1.65. The number of likely N-dealkylation sites (N-methyl/N-ethyl adjacent to an activating group) is 1. The molecule has 3 aromatic rings. The molecule has 1 aliphatic heterocycles. The zero-order chi connectivity index (χ0) is 22.5. The molecule has 2 aromatic heterocycles. The maximum atomic E-state index is 13.0. The number of amides is 2. The fourth-order valence-electron chi connectivity index (χ4n) is 3.27. The molecule has 4 N–H and O–H groups in total. The van der Waals surface area contributed by atoms with Gasteiger partial charge >= 0.3 is 0 Å². The Morgan fingerprint density at radius 2 is 2.16 bits per heavy atom. The number of hydrogen-bond donors (Lipinski definition) is 4. The number of aliphatic hydroxyl groups excluding tert-OH is 1. The number of nitrogens with one attached hydrogen (secondary N) is 3. The van der Waals surface area contributed by atoms with Gasteiger partial charge in [0.1, 0.15) is 17.7 Å². The Balaban J connectivity index is 1.43. The molecule has 166 valence electrons. The SMILES string of the molecule is CN1C(=O)[C@@H](NC(=O)c2n[nH]c(Cc3ccccc3)n2)CSc2cc(NCCO)ncc21. The van der Waals surface area contributed by atoms with Crippen molar-refractivity contribution in [3.05, 3.63) is 59.8 Å². The number of aromatic amines is 1. The molecule has 0 saturated heterocycles. The van der Waals surface area contributed by atoms with Crippen LogP contribution in [0, 0.1) is 0 Å². The van der Waals surface area contributed by atoms with E-state index in [1.54, 1.807) is 13.2 Å². The van der Waals surface area contributed by atoms with Crippen LogP contribution in [0.2, 0.25) is 0 Å². The second-order valence-corrected chi connectivity index (χ2v) is 8.25. The third-order valence-corrected chi connectivity index (χ3v) is 6.05. The Morgan fingerprint density at radius 3 is 2.94 bits per heavy atom. The Bertz CT molecular complexity index is 1110. The molecule has 0 fully saturated rings. The molecule has 0 unspecified atom stereocenters. The second kappa shape index (κ2) is 9.79. The predicted octanol–water partition coefficient (Wildman–Crippen LogP) is 1.06. The van der Waals surface area contributed by atoms with Gasteiger partial charge in [-0.3, -0.25) is 14.7 Å². The lowest BCUT2D eigenvalue weighted by Gasteiger charge is -2.21. The first-order valence-electron chi connectivity index (χ1n) is 10.1. The van der Waals surface area contributed by atoms with E-state index in [1.807, 2.05) is 36.4 Å². The van der Waals surface area contributed by atoms with Crippen LogP contribution in [-0.2, 0) is 11.2 Å². The highest BCUT2D eigenvalue weighted by atomic mass is 32.2. The Labute approximate surface area is 188 Å². The summed E-state index contributed by atoms with van der Waals surface area (Å²) in [5, 5.41) is 21.5. The molecular weight excluding hydrogens is 430 g/mol. The molecule has 0 bridgehead atoms. The Hall–Kier alpha value is -3.44. The van der Waals surface area contributed by atoms with E-state index in [9.17, 15) is 9.59 Å². The van der Waals surface area contributed by atoms with Gasteiger partial charge in [-0.15, -0.1) is 16.9 Å². The quantitative estimate of drug-likeness (QED) is 0.417. The average Bonchev–Trinajstić information content (AvgIpc) is 3.24. The van der Waals surface area contributed by atoms with E-state index in [0.717, 1.165) is 10.5 Å². The van der Waals surface area contributed by atoms with E-state index >= 15 is 0 Å². The minimum atomic E-state index is -0.741. The number of thioether (sulfide) groups is 1. The molecular formula is C21H23N7O3S. The van der Waals surface area contributed by atoms with Crippen LogP contribution in [0.1, 0.15) is 22.0 Å². The van der Waals surface area contributed by atoms with Gasteiger partial charge < -0.3 is 20.6 Å². The summed E-state index contributed by atoms with van der Waals surface area (Å²) in [6.07, 6.45) is 2.13. The van der Waals surface area contributed by atoms with Crippen LogP contribution in [0.15, 0.2) is 47.5 Å². The average molecular weight is 454 g/mol. The third kappa shape index (κ3) is 4.89. The molecule has 10 nitrogen and oxygen atoms in total. The fraction of sp³-hybridized carbons (Fsp3) is 0.286. The molecule has 0 aliphatic carbocycles. The highest BCUT2D eigenvalue weighted by Gasteiger charge is 2.31. The number of nitrogens with zero attached hydrogens (tertiary/aromatic N) is 4. The van der Waals surface area contributed by atoms with E-state index in [-0.39, 0.29) is 18.3 Å². The number of rotatable bonds is 7. The lowest BCUT2D eigenvalue weighted by Crippen LogP contribution is -2.48. The lowest BCUT2D eigenvalue weighted by molar-refractivity contribution is -0.119. The summed E-state index contributed by atoms with van der Waals surface area (Å²) in [5.41, 5.74) is 1.71. The topological polar surface area (TPSA) is 136 Å². The minimum Gasteiger partial charge on any atom is -0.395 e. The van der Waals surface area contributed by atoms with Gasteiger partial charge in [0, 0.05) is 30.7 Å². The van der Waals surface area contributed by atoms with E-state index in [1.165, 1.54) is 16.7 Å². The zero-order valence-electron chi connectivity index (χ0n) is 17.4. The molecule has 0 radical (unpaired) electrons. The Kier molecular flexibility index (Phi) is 6.66. The summed E-state index contributed by atoms with van der Waals surface area (Å²) in [5.74, 6) is 0.772. The van der Waals surface area contributed by atoms with Gasteiger partial charge in [-0.1, -0.05) is 30.3 Å². The molecule has 1 aromatic carbocycles. The molecule has 32 heavy (non-hydrogen) atoms. The van der Waals surface area contributed by atoms with Gasteiger partial charge in [-0.25, -0.2) is 9.97 Å². The van der Waals surface area contributed by atoms with Crippen molar-refractivity contribution in [2.45, 2.75) is 17.4 Å². The number of aromatic nitrogens is 4. The van der Waals surface area contributed by atoms with Crippen LogP contribution < -0.4 is 15.5 Å². The van der Waals surface area contributed by atoms with Gasteiger partial charge in [0.15, 0.2) is 0 Å². The molecule has 1 aliphatic rings. The maximum absolute atomic E-state index is 13.0. The summed E-state index contributed by atoms with van der Waals surface area (Å²) >= 11 is 1.45. The first-order chi connectivity index (χ1) is 15.5. The number of carbonyl (C=O) groups is 2. The molecule has 11 heteroatoms. The molecule has 0 saturated carbocycles. The van der Waals surface area contributed by atoms with E-state index in [4.69, 9.17) is 5.11 Å². The van der Waals surface area contributed by atoms with Crippen molar-refractivity contribution in [1.29, 1.82) is 0 Å². The molecule has 3 heterocycles. The molecule has 4 rings (SSSR count). The van der Waals surface area contributed by atoms with Crippen LogP contribution >= 0.6 is 11.8 Å². The van der Waals surface area contributed by atoms with Crippen LogP contribution in [-0.4, -0.2) is 69.1 Å². The highest BCUT2D eigenvalue weighted by Crippen LogP contribution is 2.34. The van der Waals surface area contributed by atoms with Gasteiger partial charge in [-0.2, -0.15) is 0 Å². The molecule has 1 atom stereocenters. The normalized spacial score (nSPS) is 15.8. The van der Waals surface area contributed by atoms with E-state index < -0.39 is 11.9 Å². The lowest BCUT2D eigenvalue weighted by atomic mass is 10.1. The monoisotopic (exact) mass is 453 g/mol. The first-order valence-corrected chi connectivity index (χ1v) is 11.0. The third-order valence-electron chi connectivity index (χ3n) is 4.91. The van der Waals surface area contributed by atoms with Crippen LogP contribution in [0.5, 0.6) is 0 Å². The number of hydrogen-bond acceptors (Lipinski definition) is 8. The fourth-order valence-corrected chi connectivity index (χ4v) is 4.37. The van der Waals surface area contributed by atoms with Crippen molar-refractivity contribution >= 4 is 35.1 Å². The number of carbonyl (C=O) groups excluding carboxylic acids is 2. The smallest absolute Gasteiger partial charge is 0.291 e. The number of anilines is 2. The first kappa shape index (κ1) is 21.8. The van der Waals surface area contributed by atoms with E-state index in [2.05, 4.69) is 30.8 Å². The van der Waals surface area contributed by atoms with Crippen LogP contribution in [0.4, 0.5) is 11.5 Å². The van der Waals surface area contributed by atoms with Crippen LogP contribution in [0.25, 0.3) is 0 Å². The van der Waals surface area contributed by atoms with Crippen molar-refractivity contribution in [2.24, 2.45) is 0 Å². The number of pyridine rings is 1.